The molecule has 2 rings (SSSR count). The first-order chi connectivity index (χ1) is 8.18. The van der Waals surface area contributed by atoms with Crippen molar-refractivity contribution in [2.75, 3.05) is 31.1 Å². The lowest BCUT2D eigenvalue weighted by molar-refractivity contribution is 0.148. The van der Waals surface area contributed by atoms with E-state index in [1.165, 1.54) is 11.1 Å². The summed E-state index contributed by atoms with van der Waals surface area (Å²) in [6, 6.07) is 0. The first-order valence-electron chi connectivity index (χ1n) is 5.38. The van der Waals surface area contributed by atoms with Gasteiger partial charge in [0.1, 0.15) is 0 Å². The third-order valence-electron chi connectivity index (χ3n) is 2.70. The van der Waals surface area contributed by atoms with Gasteiger partial charge < -0.3 is 14.9 Å². The van der Waals surface area contributed by atoms with Gasteiger partial charge in [-0.05, 0) is 6.42 Å². The second kappa shape index (κ2) is 5.18. The fraction of sp³-hybridized carbons (Fsp3) is 0.500. The molecular formula is C10H13ClN4O2. The molecule has 1 aliphatic heterocycles. The van der Waals surface area contributed by atoms with Crippen molar-refractivity contribution in [3.8, 4) is 0 Å². The minimum atomic E-state index is -0.878. The van der Waals surface area contributed by atoms with Crippen LogP contribution >= 0.6 is 11.6 Å². The van der Waals surface area contributed by atoms with E-state index in [1.807, 2.05) is 4.90 Å². The highest BCUT2D eigenvalue weighted by atomic mass is 35.5. The fourth-order valence-electron chi connectivity index (χ4n) is 1.85. The van der Waals surface area contributed by atoms with Crippen molar-refractivity contribution >= 4 is 23.5 Å². The van der Waals surface area contributed by atoms with Gasteiger partial charge in [0.15, 0.2) is 11.0 Å². The molecule has 1 aromatic heterocycles. The average Bonchev–Trinajstić information content (AvgIpc) is 2.55. The third kappa shape index (κ3) is 2.76. The molecule has 0 radical (unpaired) electrons. The van der Waals surface area contributed by atoms with Gasteiger partial charge in [-0.2, -0.15) is 0 Å². The standard InChI is InChI=1S/C10H13ClN4O2/c11-8-9(13-3-2-12-8)14-4-1-5-15(7-6-14)10(16)17/h2-3H,1,4-7H2,(H,16,17). The van der Waals surface area contributed by atoms with Crippen LogP contribution in [0.5, 0.6) is 0 Å². The number of halogens is 1. The molecule has 1 aromatic rings. The van der Waals surface area contributed by atoms with Gasteiger partial charge in [-0.25, -0.2) is 14.8 Å². The normalized spacial score (nSPS) is 16.8. The SMILES string of the molecule is O=C(O)N1CCCN(c2nccnc2Cl)CC1. The van der Waals surface area contributed by atoms with Crippen LogP contribution in [0.4, 0.5) is 10.6 Å². The number of nitrogens with zero attached hydrogens (tertiary/aromatic N) is 4. The second-order valence-corrected chi connectivity index (χ2v) is 4.14. The Hall–Kier alpha value is -1.56. The molecule has 1 aliphatic rings. The first-order valence-corrected chi connectivity index (χ1v) is 5.75. The molecule has 0 spiro atoms. The first kappa shape index (κ1) is 11.9. The summed E-state index contributed by atoms with van der Waals surface area (Å²) < 4.78 is 0. The van der Waals surface area contributed by atoms with E-state index >= 15 is 0 Å². The van der Waals surface area contributed by atoms with Crippen LogP contribution in [-0.2, 0) is 0 Å². The lowest BCUT2D eigenvalue weighted by Gasteiger charge is -2.21. The number of hydrogen-bond donors (Lipinski definition) is 1. The van der Waals surface area contributed by atoms with E-state index in [4.69, 9.17) is 16.7 Å². The number of anilines is 1. The molecule has 1 fully saturated rings. The van der Waals surface area contributed by atoms with Gasteiger partial charge in [-0.3, -0.25) is 0 Å². The molecule has 92 valence electrons. The topological polar surface area (TPSA) is 69.6 Å². The number of rotatable bonds is 1. The van der Waals surface area contributed by atoms with Crippen LogP contribution in [0.1, 0.15) is 6.42 Å². The number of carbonyl (C=O) groups is 1. The van der Waals surface area contributed by atoms with E-state index in [-0.39, 0.29) is 0 Å². The summed E-state index contributed by atoms with van der Waals surface area (Å²) in [5, 5.41) is 9.29. The number of carboxylic acid groups (broad SMARTS) is 1. The predicted octanol–water partition coefficient (Wildman–Crippen LogP) is 1.32. The van der Waals surface area contributed by atoms with E-state index in [0.717, 1.165) is 13.0 Å². The van der Waals surface area contributed by atoms with E-state index < -0.39 is 6.09 Å². The Morgan fingerprint density at radius 2 is 2.00 bits per heavy atom. The van der Waals surface area contributed by atoms with Crippen molar-refractivity contribution < 1.29 is 9.90 Å². The summed E-state index contributed by atoms with van der Waals surface area (Å²) in [6.07, 6.45) is 3.00. The molecule has 17 heavy (non-hydrogen) atoms. The predicted molar refractivity (Wildman–Crippen MR) is 63.5 cm³/mol. The van der Waals surface area contributed by atoms with Crippen molar-refractivity contribution in [3.63, 3.8) is 0 Å². The molecule has 0 bridgehead atoms. The Morgan fingerprint density at radius 3 is 2.71 bits per heavy atom. The maximum atomic E-state index is 10.9. The monoisotopic (exact) mass is 256 g/mol. The molecular weight excluding hydrogens is 244 g/mol. The lowest BCUT2D eigenvalue weighted by Crippen LogP contribution is -2.34. The Morgan fingerprint density at radius 1 is 1.24 bits per heavy atom. The van der Waals surface area contributed by atoms with Gasteiger partial charge in [0.05, 0.1) is 0 Å². The molecule has 0 aliphatic carbocycles. The zero-order valence-corrected chi connectivity index (χ0v) is 9.97. The van der Waals surface area contributed by atoms with Crippen LogP contribution in [0.2, 0.25) is 5.15 Å². The van der Waals surface area contributed by atoms with Crippen LogP contribution in [0.3, 0.4) is 0 Å². The van der Waals surface area contributed by atoms with Crippen LogP contribution in [0.15, 0.2) is 12.4 Å². The molecule has 0 atom stereocenters. The summed E-state index contributed by atoms with van der Waals surface area (Å²) in [7, 11) is 0. The van der Waals surface area contributed by atoms with Crippen molar-refractivity contribution in [2.45, 2.75) is 6.42 Å². The minimum absolute atomic E-state index is 0.358. The number of hydrogen-bond acceptors (Lipinski definition) is 4. The van der Waals surface area contributed by atoms with Gasteiger partial charge in [0, 0.05) is 38.6 Å². The highest BCUT2D eigenvalue weighted by molar-refractivity contribution is 6.31. The molecule has 7 heteroatoms. The quantitative estimate of drug-likeness (QED) is 0.821. The Labute approximate surface area is 104 Å². The molecule has 1 amide bonds. The van der Waals surface area contributed by atoms with Gasteiger partial charge >= 0.3 is 6.09 Å². The molecule has 0 unspecified atom stereocenters. The van der Waals surface area contributed by atoms with Crippen LogP contribution in [-0.4, -0.2) is 52.2 Å². The van der Waals surface area contributed by atoms with Gasteiger partial charge in [-0.15, -0.1) is 0 Å². The Balaban J connectivity index is 2.09. The smallest absolute Gasteiger partial charge is 0.407 e. The summed E-state index contributed by atoms with van der Waals surface area (Å²) in [6.45, 7) is 2.33. The number of aromatic nitrogens is 2. The van der Waals surface area contributed by atoms with Gasteiger partial charge in [0.2, 0.25) is 0 Å². The van der Waals surface area contributed by atoms with Crippen molar-refractivity contribution in [3.05, 3.63) is 17.5 Å². The Kier molecular flexibility index (Phi) is 3.63. The van der Waals surface area contributed by atoms with Crippen LogP contribution in [0.25, 0.3) is 0 Å². The molecule has 1 N–H and O–H groups in total. The highest BCUT2D eigenvalue weighted by Gasteiger charge is 2.20. The van der Waals surface area contributed by atoms with Crippen molar-refractivity contribution in [1.82, 2.24) is 14.9 Å². The second-order valence-electron chi connectivity index (χ2n) is 3.78. The van der Waals surface area contributed by atoms with Gasteiger partial charge in [0.25, 0.3) is 0 Å². The highest BCUT2D eigenvalue weighted by Crippen LogP contribution is 2.21. The summed E-state index contributed by atoms with van der Waals surface area (Å²) in [4.78, 5) is 22.4. The Bertz CT molecular complexity index is 415. The third-order valence-corrected chi connectivity index (χ3v) is 2.97. The average molecular weight is 257 g/mol. The summed E-state index contributed by atoms with van der Waals surface area (Å²) in [5.74, 6) is 0.626. The van der Waals surface area contributed by atoms with Gasteiger partial charge in [-0.1, -0.05) is 11.6 Å². The fourth-order valence-corrected chi connectivity index (χ4v) is 2.07. The van der Waals surface area contributed by atoms with E-state index in [9.17, 15) is 4.79 Å². The number of amides is 1. The zero-order valence-electron chi connectivity index (χ0n) is 9.21. The summed E-state index contributed by atoms with van der Waals surface area (Å²) >= 11 is 5.96. The molecule has 6 nitrogen and oxygen atoms in total. The lowest BCUT2D eigenvalue weighted by atomic mass is 10.4. The molecule has 2 heterocycles. The maximum Gasteiger partial charge on any atom is 0.407 e. The van der Waals surface area contributed by atoms with E-state index in [0.29, 0.717) is 30.6 Å². The summed E-state index contributed by atoms with van der Waals surface area (Å²) in [5.41, 5.74) is 0. The zero-order chi connectivity index (χ0) is 12.3. The van der Waals surface area contributed by atoms with E-state index in [2.05, 4.69) is 9.97 Å². The van der Waals surface area contributed by atoms with Crippen LogP contribution in [0, 0.1) is 0 Å². The van der Waals surface area contributed by atoms with E-state index in [1.54, 1.807) is 6.20 Å². The largest absolute Gasteiger partial charge is 0.465 e. The van der Waals surface area contributed by atoms with Crippen LogP contribution < -0.4 is 4.90 Å². The molecule has 1 saturated heterocycles. The molecule has 0 aromatic carbocycles. The van der Waals surface area contributed by atoms with Crippen molar-refractivity contribution in [1.29, 1.82) is 0 Å². The molecule has 0 saturated carbocycles. The maximum absolute atomic E-state index is 10.9. The van der Waals surface area contributed by atoms with Crippen molar-refractivity contribution in [2.24, 2.45) is 0 Å². The minimum Gasteiger partial charge on any atom is -0.465 e.